The zero-order valence-electron chi connectivity index (χ0n) is 19.0. The molecule has 4 aromatic carbocycles. The lowest BCUT2D eigenvalue weighted by molar-refractivity contribution is 0.239. The Bertz CT molecular complexity index is 1090. The van der Waals surface area contributed by atoms with E-state index in [1.807, 2.05) is 24.3 Å². The molecule has 0 unspecified atom stereocenters. The summed E-state index contributed by atoms with van der Waals surface area (Å²) in [5.74, 6) is 0. The Balaban J connectivity index is 1.22. The minimum absolute atomic E-state index is 0.0684. The van der Waals surface area contributed by atoms with Crippen LogP contribution in [0.25, 0.3) is 0 Å². The van der Waals surface area contributed by atoms with Gasteiger partial charge < -0.3 is 10.6 Å². The number of carbonyl (C=O) groups excluding carboxylic acids is 1. The lowest BCUT2D eigenvalue weighted by atomic mass is 9.87. The second kappa shape index (κ2) is 8.18. The van der Waals surface area contributed by atoms with Gasteiger partial charge in [0.1, 0.15) is 0 Å². The second-order valence-corrected chi connectivity index (χ2v) is 9.54. The first kappa shape index (κ1) is 20.7. The maximum absolute atomic E-state index is 13.2. The lowest BCUT2D eigenvalue weighted by Gasteiger charge is -2.21. The van der Waals surface area contributed by atoms with E-state index in [9.17, 15) is 4.79 Å². The van der Waals surface area contributed by atoms with Crippen LogP contribution in [0.5, 0.6) is 0 Å². The number of urea groups is 1. The topological polar surface area (TPSA) is 41.1 Å². The Hall–Kier alpha value is -3.85. The van der Waals surface area contributed by atoms with E-state index in [0.717, 1.165) is 12.8 Å². The molecule has 168 valence electrons. The average Bonchev–Trinajstić information content (AvgIpc) is 3.81. The number of nitrogens with one attached hydrogen (secondary N) is 2. The van der Waals surface area contributed by atoms with E-state index in [1.165, 1.54) is 22.3 Å². The molecule has 0 aromatic heterocycles. The van der Waals surface area contributed by atoms with Crippen molar-refractivity contribution in [3.63, 3.8) is 0 Å². The molecular formula is C31H28N2O. The van der Waals surface area contributed by atoms with Crippen LogP contribution in [0.2, 0.25) is 0 Å². The maximum atomic E-state index is 13.2. The van der Waals surface area contributed by atoms with E-state index in [-0.39, 0.29) is 28.9 Å². The zero-order valence-corrected chi connectivity index (χ0v) is 19.0. The van der Waals surface area contributed by atoms with Gasteiger partial charge >= 0.3 is 6.03 Å². The fourth-order valence-corrected chi connectivity index (χ4v) is 5.78. The van der Waals surface area contributed by atoms with E-state index in [0.29, 0.717) is 0 Å². The van der Waals surface area contributed by atoms with Crippen molar-refractivity contribution < 1.29 is 4.79 Å². The molecule has 2 N–H and O–H groups in total. The summed E-state index contributed by atoms with van der Waals surface area (Å²) >= 11 is 0. The van der Waals surface area contributed by atoms with Gasteiger partial charge in [0.15, 0.2) is 0 Å². The molecule has 0 bridgehead atoms. The molecule has 6 rings (SSSR count). The molecule has 2 saturated carbocycles. The Kier molecular flexibility index (Phi) is 4.99. The van der Waals surface area contributed by atoms with Crippen LogP contribution in [-0.4, -0.2) is 18.1 Å². The SMILES string of the molecule is O=C(N[C@H]1CC1(c1ccccc1)c1ccccc1)N[C@@H]1CC1(c1ccccc1)c1ccccc1. The first-order valence-corrected chi connectivity index (χ1v) is 12.0. The highest BCUT2D eigenvalue weighted by Crippen LogP contribution is 2.55. The standard InChI is InChI=1S/C31H28N2O/c34-29(32-27-21-30(27,23-13-5-1-6-14-23)24-15-7-2-8-16-24)33-28-22-31(28,25-17-9-3-10-18-25)26-19-11-4-12-20-26/h1-20,27-28H,21-22H2,(H2,32,33,34)/t27-,28+. The quantitative estimate of drug-likeness (QED) is 0.388. The molecule has 0 spiro atoms. The molecule has 0 heterocycles. The van der Waals surface area contributed by atoms with E-state index in [1.54, 1.807) is 0 Å². The highest BCUT2D eigenvalue weighted by Gasteiger charge is 2.59. The summed E-state index contributed by atoms with van der Waals surface area (Å²) in [4.78, 5) is 13.2. The number of hydrogen-bond acceptors (Lipinski definition) is 1. The molecule has 2 amide bonds. The van der Waals surface area contributed by atoms with Crippen molar-refractivity contribution in [3.05, 3.63) is 144 Å². The molecule has 4 aromatic rings. The molecular weight excluding hydrogens is 416 g/mol. The normalized spacial score (nSPS) is 21.3. The smallest absolute Gasteiger partial charge is 0.315 e. The van der Waals surface area contributed by atoms with Crippen molar-refractivity contribution >= 4 is 6.03 Å². The van der Waals surface area contributed by atoms with Crippen molar-refractivity contribution in [2.24, 2.45) is 0 Å². The second-order valence-electron chi connectivity index (χ2n) is 9.54. The minimum atomic E-state index is -0.167. The van der Waals surface area contributed by atoms with Crippen LogP contribution in [0, 0.1) is 0 Å². The van der Waals surface area contributed by atoms with Crippen molar-refractivity contribution in [1.82, 2.24) is 10.6 Å². The summed E-state index contributed by atoms with van der Waals surface area (Å²) in [5, 5.41) is 6.61. The van der Waals surface area contributed by atoms with Gasteiger partial charge in [-0.2, -0.15) is 0 Å². The zero-order chi connectivity index (χ0) is 23.0. The van der Waals surface area contributed by atoms with Crippen LogP contribution in [0.1, 0.15) is 35.1 Å². The van der Waals surface area contributed by atoms with Gasteiger partial charge in [0.2, 0.25) is 0 Å². The highest BCUT2D eigenvalue weighted by atomic mass is 16.2. The number of benzene rings is 4. The van der Waals surface area contributed by atoms with Crippen LogP contribution in [0.3, 0.4) is 0 Å². The third kappa shape index (κ3) is 3.40. The van der Waals surface area contributed by atoms with Gasteiger partial charge in [-0.15, -0.1) is 0 Å². The predicted octanol–water partition coefficient (Wildman–Crippen LogP) is 5.80. The largest absolute Gasteiger partial charge is 0.334 e. The molecule has 0 radical (unpaired) electrons. The molecule has 0 aliphatic heterocycles. The summed E-state index contributed by atoms with van der Waals surface area (Å²) < 4.78 is 0. The molecule has 2 atom stereocenters. The fourth-order valence-electron chi connectivity index (χ4n) is 5.78. The predicted molar refractivity (Wildman–Crippen MR) is 136 cm³/mol. The molecule has 3 heteroatoms. The summed E-state index contributed by atoms with van der Waals surface area (Å²) in [7, 11) is 0. The highest BCUT2D eigenvalue weighted by molar-refractivity contribution is 5.77. The van der Waals surface area contributed by atoms with E-state index < -0.39 is 0 Å². The number of carbonyl (C=O) groups is 1. The molecule has 2 aliphatic carbocycles. The number of amides is 2. The van der Waals surface area contributed by atoms with Crippen LogP contribution in [0.15, 0.2) is 121 Å². The third-order valence-corrected chi connectivity index (χ3v) is 7.69. The van der Waals surface area contributed by atoms with Crippen LogP contribution in [0.4, 0.5) is 4.79 Å². The van der Waals surface area contributed by atoms with Gasteiger partial charge in [-0.1, -0.05) is 121 Å². The van der Waals surface area contributed by atoms with Crippen molar-refractivity contribution in [1.29, 1.82) is 0 Å². The molecule has 34 heavy (non-hydrogen) atoms. The van der Waals surface area contributed by atoms with Gasteiger partial charge in [-0.3, -0.25) is 0 Å². The summed E-state index contributed by atoms with van der Waals surface area (Å²) in [6.45, 7) is 0. The fraction of sp³-hybridized carbons (Fsp3) is 0.194. The molecule has 2 fully saturated rings. The minimum Gasteiger partial charge on any atom is -0.334 e. The van der Waals surface area contributed by atoms with Crippen molar-refractivity contribution in [2.75, 3.05) is 0 Å². The Morgan fingerprint density at radius 2 is 0.765 bits per heavy atom. The Labute approximate surface area is 200 Å². The average molecular weight is 445 g/mol. The molecule has 0 saturated heterocycles. The first-order valence-electron chi connectivity index (χ1n) is 12.0. The van der Waals surface area contributed by atoms with Gasteiger partial charge in [0, 0.05) is 22.9 Å². The van der Waals surface area contributed by atoms with Crippen LogP contribution in [-0.2, 0) is 10.8 Å². The van der Waals surface area contributed by atoms with Gasteiger partial charge in [-0.25, -0.2) is 4.79 Å². The van der Waals surface area contributed by atoms with Crippen molar-refractivity contribution in [2.45, 2.75) is 35.8 Å². The molecule has 3 nitrogen and oxygen atoms in total. The maximum Gasteiger partial charge on any atom is 0.315 e. The Morgan fingerprint density at radius 1 is 0.500 bits per heavy atom. The van der Waals surface area contributed by atoms with Gasteiger partial charge in [-0.05, 0) is 35.1 Å². The van der Waals surface area contributed by atoms with Gasteiger partial charge in [0.25, 0.3) is 0 Å². The summed E-state index contributed by atoms with van der Waals surface area (Å²) in [5.41, 5.74) is 4.67. The summed E-state index contributed by atoms with van der Waals surface area (Å²) in [6.07, 6.45) is 1.81. The third-order valence-electron chi connectivity index (χ3n) is 7.69. The van der Waals surface area contributed by atoms with Crippen molar-refractivity contribution in [3.8, 4) is 0 Å². The Morgan fingerprint density at radius 3 is 1.03 bits per heavy atom. The van der Waals surface area contributed by atoms with E-state index in [2.05, 4.69) is 108 Å². The monoisotopic (exact) mass is 444 g/mol. The van der Waals surface area contributed by atoms with Crippen LogP contribution >= 0.6 is 0 Å². The van der Waals surface area contributed by atoms with E-state index >= 15 is 0 Å². The van der Waals surface area contributed by atoms with Crippen LogP contribution < -0.4 is 10.6 Å². The van der Waals surface area contributed by atoms with Gasteiger partial charge in [0.05, 0.1) is 0 Å². The first-order chi connectivity index (χ1) is 16.7. The number of hydrogen-bond donors (Lipinski definition) is 2. The number of rotatable bonds is 6. The lowest BCUT2D eigenvalue weighted by Crippen LogP contribution is -2.42. The van der Waals surface area contributed by atoms with E-state index in [4.69, 9.17) is 0 Å². The molecule has 2 aliphatic rings. The summed E-state index contributed by atoms with van der Waals surface area (Å²) in [6, 6.07) is 42.2.